The van der Waals surface area contributed by atoms with Crippen LogP contribution in [-0.4, -0.2) is 19.5 Å². The Morgan fingerprint density at radius 2 is 1.50 bits per heavy atom. The predicted molar refractivity (Wildman–Crippen MR) is 82.1 cm³/mol. The fourth-order valence-corrected chi connectivity index (χ4v) is 2.14. The molecule has 104 valence electrons. The van der Waals surface area contributed by atoms with E-state index in [0.29, 0.717) is 6.42 Å². The molecule has 0 aromatic heterocycles. The molecule has 0 heterocycles. The zero-order chi connectivity index (χ0) is 14.4. The molecule has 0 amide bonds. The second-order valence-electron chi connectivity index (χ2n) is 4.79. The van der Waals surface area contributed by atoms with Gasteiger partial charge < -0.3 is 4.74 Å². The molecule has 2 heteroatoms. The largest absolute Gasteiger partial charge is 0.384 e. The molecule has 0 saturated heterocycles. The summed E-state index contributed by atoms with van der Waals surface area (Å²) >= 11 is 0. The lowest BCUT2D eigenvalue weighted by Gasteiger charge is -2.05. The zero-order valence-corrected chi connectivity index (χ0v) is 12.1. The highest BCUT2D eigenvalue weighted by Crippen LogP contribution is 2.21. The van der Waals surface area contributed by atoms with Gasteiger partial charge in [-0.3, -0.25) is 4.79 Å². The third kappa shape index (κ3) is 3.55. The first-order chi connectivity index (χ1) is 9.74. The molecule has 0 N–H and O–H groups in total. The first kappa shape index (κ1) is 14.5. The molecule has 0 unspecified atom stereocenters. The number of ketones is 1. The van der Waals surface area contributed by atoms with Crippen molar-refractivity contribution in [2.24, 2.45) is 0 Å². The van der Waals surface area contributed by atoms with E-state index in [4.69, 9.17) is 4.74 Å². The normalized spacial score (nSPS) is 10.5. The maximum Gasteiger partial charge on any atom is 0.162 e. The van der Waals surface area contributed by atoms with Crippen molar-refractivity contribution in [3.8, 4) is 11.1 Å². The summed E-state index contributed by atoms with van der Waals surface area (Å²) in [7, 11) is 1.72. The van der Waals surface area contributed by atoms with Crippen molar-refractivity contribution in [1.82, 2.24) is 0 Å². The van der Waals surface area contributed by atoms with Crippen LogP contribution in [-0.2, 0) is 11.2 Å². The smallest absolute Gasteiger partial charge is 0.162 e. The topological polar surface area (TPSA) is 26.3 Å². The molecule has 2 aromatic rings. The van der Waals surface area contributed by atoms with Crippen LogP contribution in [0.1, 0.15) is 29.3 Å². The summed E-state index contributed by atoms with van der Waals surface area (Å²) in [6, 6.07) is 16.3. The zero-order valence-electron chi connectivity index (χ0n) is 12.1. The monoisotopic (exact) mass is 268 g/mol. The second-order valence-corrected chi connectivity index (χ2v) is 4.79. The van der Waals surface area contributed by atoms with Crippen LogP contribution in [0, 0.1) is 0 Å². The minimum absolute atomic E-state index is 0.187. The minimum Gasteiger partial charge on any atom is -0.384 e. The number of carbonyl (C=O) groups is 1. The number of ether oxygens (including phenoxy) is 1. The van der Waals surface area contributed by atoms with E-state index in [-0.39, 0.29) is 5.78 Å². The Morgan fingerprint density at radius 1 is 0.950 bits per heavy atom. The molecule has 0 fully saturated rings. The van der Waals surface area contributed by atoms with Gasteiger partial charge in [-0.15, -0.1) is 0 Å². The molecular weight excluding hydrogens is 248 g/mol. The average molecular weight is 268 g/mol. The summed E-state index contributed by atoms with van der Waals surface area (Å²) < 4.78 is 5.07. The van der Waals surface area contributed by atoms with Crippen LogP contribution in [0.25, 0.3) is 11.1 Å². The highest BCUT2D eigenvalue weighted by atomic mass is 16.5. The van der Waals surface area contributed by atoms with E-state index in [1.807, 2.05) is 31.2 Å². The van der Waals surface area contributed by atoms with E-state index in [1.165, 1.54) is 11.1 Å². The molecule has 0 bridgehead atoms. The summed E-state index contributed by atoms with van der Waals surface area (Å²) in [5, 5.41) is 0. The van der Waals surface area contributed by atoms with Gasteiger partial charge in [-0.05, 0) is 23.1 Å². The van der Waals surface area contributed by atoms with E-state index in [1.54, 1.807) is 7.11 Å². The third-order valence-electron chi connectivity index (χ3n) is 3.41. The van der Waals surface area contributed by atoms with Gasteiger partial charge in [0.15, 0.2) is 5.78 Å². The number of carbonyl (C=O) groups excluding carboxylic acids is 1. The third-order valence-corrected chi connectivity index (χ3v) is 3.41. The van der Waals surface area contributed by atoms with Crippen molar-refractivity contribution in [1.29, 1.82) is 0 Å². The number of rotatable bonds is 6. The first-order valence-electron chi connectivity index (χ1n) is 6.96. The Kier molecular flexibility index (Phi) is 5.08. The van der Waals surface area contributed by atoms with Crippen LogP contribution in [0.3, 0.4) is 0 Å². The van der Waals surface area contributed by atoms with Crippen molar-refractivity contribution in [3.05, 3.63) is 59.7 Å². The van der Waals surface area contributed by atoms with Crippen LogP contribution in [0.15, 0.2) is 48.5 Å². The Labute approximate surface area is 120 Å². The summed E-state index contributed by atoms with van der Waals surface area (Å²) in [5.74, 6) is 0.187. The Bertz CT molecular complexity index is 553. The number of hydrogen-bond acceptors (Lipinski definition) is 2. The van der Waals surface area contributed by atoms with Crippen LogP contribution < -0.4 is 0 Å². The quantitative estimate of drug-likeness (QED) is 0.736. The fraction of sp³-hybridized carbons (Fsp3) is 0.278. The summed E-state index contributed by atoms with van der Waals surface area (Å²) in [6.07, 6.45) is 1.48. The fourth-order valence-electron chi connectivity index (χ4n) is 2.14. The SMILES string of the molecule is CCC(=O)c1ccc(-c2ccc(CCOC)cc2)cc1. The molecule has 0 aliphatic heterocycles. The molecule has 20 heavy (non-hydrogen) atoms. The molecular formula is C18H20O2. The van der Waals surface area contributed by atoms with Gasteiger partial charge in [-0.2, -0.15) is 0 Å². The number of Topliss-reactive ketones (excluding diaryl/α,β-unsaturated/α-hetero) is 1. The lowest BCUT2D eigenvalue weighted by atomic mass is 10.0. The second kappa shape index (κ2) is 7.01. The van der Waals surface area contributed by atoms with Crippen molar-refractivity contribution in [2.75, 3.05) is 13.7 Å². The molecule has 0 aliphatic rings. The van der Waals surface area contributed by atoms with Crippen LogP contribution in [0.5, 0.6) is 0 Å². The Balaban J connectivity index is 2.13. The molecule has 2 nitrogen and oxygen atoms in total. The van der Waals surface area contributed by atoms with Gasteiger partial charge in [0, 0.05) is 19.1 Å². The summed E-state index contributed by atoms with van der Waals surface area (Å²) in [6.45, 7) is 2.63. The van der Waals surface area contributed by atoms with E-state index in [0.717, 1.165) is 24.2 Å². The van der Waals surface area contributed by atoms with Crippen molar-refractivity contribution >= 4 is 5.78 Å². The van der Waals surface area contributed by atoms with Gasteiger partial charge in [-0.1, -0.05) is 55.5 Å². The molecule has 2 aromatic carbocycles. The van der Waals surface area contributed by atoms with Crippen LogP contribution >= 0.6 is 0 Å². The van der Waals surface area contributed by atoms with Crippen molar-refractivity contribution in [2.45, 2.75) is 19.8 Å². The van der Waals surface area contributed by atoms with Gasteiger partial charge in [0.05, 0.1) is 6.61 Å². The molecule has 0 atom stereocenters. The average Bonchev–Trinajstić information content (AvgIpc) is 2.53. The van der Waals surface area contributed by atoms with Crippen LogP contribution in [0.4, 0.5) is 0 Å². The molecule has 0 saturated carbocycles. The standard InChI is InChI=1S/C18H20O2/c1-3-18(19)17-10-8-16(9-11-17)15-6-4-14(5-7-15)12-13-20-2/h4-11H,3,12-13H2,1-2H3. The molecule has 2 rings (SSSR count). The Hall–Kier alpha value is -1.93. The number of hydrogen-bond donors (Lipinski definition) is 0. The lowest BCUT2D eigenvalue weighted by molar-refractivity contribution is 0.0988. The Morgan fingerprint density at radius 3 is 2.00 bits per heavy atom. The first-order valence-corrected chi connectivity index (χ1v) is 6.96. The van der Waals surface area contributed by atoms with E-state index < -0.39 is 0 Å². The van der Waals surface area contributed by atoms with Gasteiger partial charge in [-0.25, -0.2) is 0 Å². The van der Waals surface area contributed by atoms with Gasteiger partial charge in [0.25, 0.3) is 0 Å². The summed E-state index contributed by atoms with van der Waals surface area (Å²) in [5.41, 5.74) is 4.36. The van der Waals surface area contributed by atoms with Gasteiger partial charge in [0.1, 0.15) is 0 Å². The molecule has 0 radical (unpaired) electrons. The van der Waals surface area contributed by atoms with E-state index in [9.17, 15) is 4.79 Å². The predicted octanol–water partition coefficient (Wildman–Crippen LogP) is 4.14. The maximum atomic E-state index is 11.6. The highest BCUT2D eigenvalue weighted by molar-refractivity contribution is 5.96. The number of benzene rings is 2. The molecule has 0 aliphatic carbocycles. The van der Waals surface area contributed by atoms with E-state index in [2.05, 4.69) is 24.3 Å². The van der Waals surface area contributed by atoms with Gasteiger partial charge >= 0.3 is 0 Å². The van der Waals surface area contributed by atoms with Gasteiger partial charge in [0.2, 0.25) is 0 Å². The lowest BCUT2D eigenvalue weighted by Crippen LogP contribution is -1.96. The molecule has 0 spiro atoms. The van der Waals surface area contributed by atoms with Crippen molar-refractivity contribution < 1.29 is 9.53 Å². The number of methoxy groups -OCH3 is 1. The van der Waals surface area contributed by atoms with E-state index >= 15 is 0 Å². The minimum atomic E-state index is 0.187. The van der Waals surface area contributed by atoms with Crippen molar-refractivity contribution in [3.63, 3.8) is 0 Å². The van der Waals surface area contributed by atoms with Crippen LogP contribution in [0.2, 0.25) is 0 Å². The highest BCUT2D eigenvalue weighted by Gasteiger charge is 2.03. The maximum absolute atomic E-state index is 11.6. The summed E-state index contributed by atoms with van der Waals surface area (Å²) in [4.78, 5) is 11.6.